The molecule has 0 atom stereocenters. The molecule has 1 aromatic rings. The molecule has 2 N–H and O–H groups in total. The van der Waals surface area contributed by atoms with Crippen LogP contribution in [0.4, 0.5) is 0 Å². The molecule has 8 heteroatoms. The van der Waals surface area contributed by atoms with Gasteiger partial charge >= 0.3 is 0 Å². The van der Waals surface area contributed by atoms with Gasteiger partial charge in [-0.15, -0.1) is 24.0 Å². The second kappa shape index (κ2) is 15.6. The van der Waals surface area contributed by atoms with Crippen LogP contribution in [-0.4, -0.2) is 53.6 Å². The van der Waals surface area contributed by atoms with Crippen molar-refractivity contribution in [3.8, 4) is 17.2 Å². The van der Waals surface area contributed by atoms with E-state index in [4.69, 9.17) is 18.9 Å². The van der Waals surface area contributed by atoms with Gasteiger partial charge < -0.3 is 29.6 Å². The molecular weight excluding hydrogens is 461 g/mol. The van der Waals surface area contributed by atoms with Crippen LogP contribution in [0, 0.1) is 0 Å². The topological polar surface area (TPSA) is 73.3 Å². The number of hydrogen-bond acceptors (Lipinski definition) is 5. The summed E-state index contributed by atoms with van der Waals surface area (Å²) in [5, 5.41) is 6.60. The molecule has 1 rings (SSSR count). The lowest BCUT2D eigenvalue weighted by molar-refractivity contribution is 0.143. The maximum atomic E-state index is 5.47. The van der Waals surface area contributed by atoms with Crippen molar-refractivity contribution in [2.75, 3.05) is 47.6 Å². The summed E-state index contributed by atoms with van der Waals surface area (Å²) >= 11 is 0. The third-order valence-electron chi connectivity index (χ3n) is 3.77. The van der Waals surface area contributed by atoms with Crippen LogP contribution in [0.25, 0.3) is 0 Å². The summed E-state index contributed by atoms with van der Waals surface area (Å²) in [6.07, 6.45) is 2.06. The quantitative estimate of drug-likeness (QED) is 0.201. The fourth-order valence-electron chi connectivity index (χ4n) is 2.41. The lowest BCUT2D eigenvalue weighted by Gasteiger charge is -2.15. The number of nitrogens with zero attached hydrogens (tertiary/aromatic N) is 1. The number of methoxy groups -OCH3 is 3. The highest BCUT2D eigenvalue weighted by Gasteiger charge is 2.13. The first-order valence-corrected chi connectivity index (χ1v) is 9.08. The van der Waals surface area contributed by atoms with Gasteiger partial charge in [-0.1, -0.05) is 0 Å². The van der Waals surface area contributed by atoms with Gasteiger partial charge in [0.2, 0.25) is 0 Å². The Bertz CT molecular complexity index is 531. The van der Waals surface area contributed by atoms with E-state index in [1.54, 1.807) is 21.3 Å². The summed E-state index contributed by atoms with van der Waals surface area (Å²) in [5.41, 5.74) is 0.879. The lowest BCUT2D eigenvalue weighted by Crippen LogP contribution is -2.37. The number of hydrogen-bond donors (Lipinski definition) is 2. The molecule has 0 saturated heterocycles. The number of benzene rings is 1. The van der Waals surface area contributed by atoms with Gasteiger partial charge in [0.25, 0.3) is 0 Å². The van der Waals surface area contributed by atoms with E-state index < -0.39 is 0 Å². The first-order chi connectivity index (χ1) is 12.7. The Labute approximate surface area is 180 Å². The number of nitrogens with one attached hydrogen (secondary N) is 2. The third kappa shape index (κ3) is 9.37. The molecule has 0 spiro atoms. The number of ether oxygens (including phenoxy) is 4. The van der Waals surface area contributed by atoms with E-state index >= 15 is 0 Å². The van der Waals surface area contributed by atoms with Crippen molar-refractivity contribution >= 4 is 29.9 Å². The fourth-order valence-corrected chi connectivity index (χ4v) is 2.41. The van der Waals surface area contributed by atoms with Crippen LogP contribution in [0.1, 0.15) is 32.3 Å². The van der Waals surface area contributed by atoms with Gasteiger partial charge in [0.1, 0.15) is 17.2 Å². The molecule has 0 aliphatic carbocycles. The van der Waals surface area contributed by atoms with Crippen molar-refractivity contribution in [1.29, 1.82) is 0 Å². The Kier molecular flexibility index (Phi) is 14.8. The van der Waals surface area contributed by atoms with Crippen LogP contribution in [0.3, 0.4) is 0 Å². The zero-order chi connectivity index (χ0) is 19.2. The molecule has 0 aliphatic rings. The highest BCUT2D eigenvalue weighted by atomic mass is 127. The smallest absolute Gasteiger partial charge is 0.191 e. The minimum Gasteiger partial charge on any atom is -0.496 e. The molecule has 0 unspecified atom stereocenters. The van der Waals surface area contributed by atoms with Crippen molar-refractivity contribution in [3.63, 3.8) is 0 Å². The number of rotatable bonds is 12. The van der Waals surface area contributed by atoms with E-state index in [1.807, 2.05) is 26.0 Å². The fraction of sp³-hybridized carbons (Fsp3) is 0.632. The Balaban J connectivity index is 0.00000676. The normalized spacial score (nSPS) is 10.8. The Morgan fingerprint density at radius 3 is 2.15 bits per heavy atom. The predicted octanol–water partition coefficient (Wildman–Crippen LogP) is 3.20. The molecule has 0 radical (unpaired) electrons. The summed E-state index contributed by atoms with van der Waals surface area (Å²) in [5.74, 6) is 2.84. The third-order valence-corrected chi connectivity index (χ3v) is 3.77. The molecule has 1 aromatic carbocycles. The van der Waals surface area contributed by atoms with Crippen molar-refractivity contribution in [2.24, 2.45) is 4.99 Å². The van der Waals surface area contributed by atoms with Gasteiger partial charge in [0.05, 0.1) is 33.4 Å². The lowest BCUT2D eigenvalue weighted by atomic mass is 10.1. The Morgan fingerprint density at radius 1 is 0.963 bits per heavy atom. The summed E-state index contributed by atoms with van der Waals surface area (Å²) < 4.78 is 21.6. The molecule has 7 nitrogen and oxygen atoms in total. The van der Waals surface area contributed by atoms with E-state index in [2.05, 4.69) is 15.6 Å². The predicted molar refractivity (Wildman–Crippen MR) is 120 cm³/mol. The van der Waals surface area contributed by atoms with Gasteiger partial charge in [-0.2, -0.15) is 0 Å². The van der Waals surface area contributed by atoms with E-state index in [0.29, 0.717) is 23.8 Å². The van der Waals surface area contributed by atoms with Crippen molar-refractivity contribution in [1.82, 2.24) is 10.6 Å². The molecule has 0 amide bonds. The molecule has 0 bridgehead atoms. The first-order valence-electron chi connectivity index (χ1n) is 9.08. The van der Waals surface area contributed by atoms with Gasteiger partial charge in [0, 0.05) is 38.4 Å². The van der Waals surface area contributed by atoms with E-state index in [0.717, 1.165) is 50.7 Å². The van der Waals surface area contributed by atoms with Crippen molar-refractivity contribution < 1.29 is 18.9 Å². The van der Waals surface area contributed by atoms with Gasteiger partial charge in [0.15, 0.2) is 5.96 Å². The number of aliphatic imine (C=N–C) groups is 1. The zero-order valence-corrected chi connectivity index (χ0v) is 19.4. The molecule has 0 aliphatic heterocycles. The second-order valence-corrected chi connectivity index (χ2v) is 5.54. The summed E-state index contributed by atoms with van der Waals surface area (Å²) in [7, 11) is 4.87. The minimum absolute atomic E-state index is 0. The van der Waals surface area contributed by atoms with E-state index in [1.165, 1.54) is 0 Å². The summed E-state index contributed by atoms with van der Waals surface area (Å²) in [6.45, 7) is 7.69. The maximum absolute atomic E-state index is 5.47. The number of halogens is 1. The van der Waals surface area contributed by atoms with E-state index in [-0.39, 0.29) is 24.0 Å². The van der Waals surface area contributed by atoms with Crippen molar-refractivity contribution in [2.45, 2.75) is 33.2 Å². The van der Waals surface area contributed by atoms with Crippen LogP contribution in [0.5, 0.6) is 17.2 Å². The van der Waals surface area contributed by atoms with E-state index in [9.17, 15) is 0 Å². The molecule has 0 saturated carbocycles. The molecule has 0 fully saturated rings. The highest BCUT2D eigenvalue weighted by Crippen LogP contribution is 2.34. The average Bonchev–Trinajstić information content (AvgIpc) is 2.67. The molecule has 156 valence electrons. The van der Waals surface area contributed by atoms with Crippen LogP contribution in [0.2, 0.25) is 0 Å². The van der Waals surface area contributed by atoms with Gasteiger partial charge in [-0.05, 0) is 26.7 Å². The largest absolute Gasteiger partial charge is 0.496 e. The molecule has 0 heterocycles. The van der Waals surface area contributed by atoms with Crippen LogP contribution in [0.15, 0.2) is 17.1 Å². The standard InChI is InChI=1S/C19H33N3O4.HI/c1-6-20-19(21-10-8-9-11-26-7-2)22-14-16-17(24-4)12-15(23-3)13-18(16)25-5;/h12-13H,6-11,14H2,1-5H3,(H2,20,21,22);1H. The first kappa shape index (κ1) is 25.6. The second-order valence-electron chi connectivity index (χ2n) is 5.54. The van der Waals surface area contributed by atoms with Gasteiger partial charge in [-0.25, -0.2) is 4.99 Å². The van der Waals surface area contributed by atoms with Crippen molar-refractivity contribution in [3.05, 3.63) is 17.7 Å². The maximum Gasteiger partial charge on any atom is 0.191 e. The number of unbranched alkanes of at least 4 members (excludes halogenated alkanes) is 1. The number of guanidine groups is 1. The molecular formula is C19H34IN3O4. The highest BCUT2D eigenvalue weighted by molar-refractivity contribution is 14.0. The molecule has 0 aromatic heterocycles. The van der Waals surface area contributed by atoms with Crippen LogP contribution in [-0.2, 0) is 11.3 Å². The monoisotopic (exact) mass is 495 g/mol. The zero-order valence-electron chi connectivity index (χ0n) is 17.1. The minimum atomic E-state index is 0. The summed E-state index contributed by atoms with van der Waals surface area (Å²) in [6, 6.07) is 3.67. The van der Waals surface area contributed by atoms with Crippen LogP contribution >= 0.6 is 24.0 Å². The molecule has 27 heavy (non-hydrogen) atoms. The average molecular weight is 495 g/mol. The Morgan fingerprint density at radius 2 is 1.63 bits per heavy atom. The SMILES string of the molecule is CCNC(=NCc1c(OC)cc(OC)cc1OC)NCCCCOCC.I. The van der Waals surface area contributed by atoms with Crippen LogP contribution < -0.4 is 24.8 Å². The van der Waals surface area contributed by atoms with Gasteiger partial charge in [-0.3, -0.25) is 0 Å². The summed E-state index contributed by atoms with van der Waals surface area (Å²) in [4.78, 5) is 4.65. The Hall–Kier alpha value is -1.42.